The van der Waals surface area contributed by atoms with Crippen LogP contribution in [0.15, 0.2) is 46.9 Å². The Morgan fingerprint density at radius 1 is 1.21 bits per heavy atom. The van der Waals surface area contributed by atoms with Crippen molar-refractivity contribution in [3.05, 3.63) is 68.7 Å². The van der Waals surface area contributed by atoms with Gasteiger partial charge in [-0.15, -0.1) is 0 Å². The minimum Gasteiger partial charge on any atom is -0.306 e. The second-order valence-corrected chi connectivity index (χ2v) is 5.99. The standard InChI is InChI=1S/C16H17BrClN/c1-11-9-14(18)8-7-13(11)10-19-12(2)15-5-3-4-6-16(15)17/h3-9,12,19H,10H2,1-2H3/t12-/m1/s1. The first-order valence-corrected chi connectivity index (χ1v) is 7.48. The first-order valence-electron chi connectivity index (χ1n) is 6.31. The van der Waals surface area contributed by atoms with Gasteiger partial charge in [-0.05, 0) is 48.7 Å². The van der Waals surface area contributed by atoms with E-state index in [4.69, 9.17) is 11.6 Å². The van der Waals surface area contributed by atoms with Crippen molar-refractivity contribution in [1.82, 2.24) is 5.32 Å². The molecule has 0 aromatic heterocycles. The highest BCUT2D eigenvalue weighted by Crippen LogP contribution is 2.23. The number of hydrogen-bond acceptors (Lipinski definition) is 1. The van der Waals surface area contributed by atoms with Gasteiger partial charge < -0.3 is 5.32 Å². The van der Waals surface area contributed by atoms with Crippen LogP contribution in [0.4, 0.5) is 0 Å². The SMILES string of the molecule is Cc1cc(Cl)ccc1CN[C@H](C)c1ccccc1Br. The molecule has 0 radical (unpaired) electrons. The topological polar surface area (TPSA) is 12.0 Å². The number of rotatable bonds is 4. The fourth-order valence-electron chi connectivity index (χ4n) is 2.06. The van der Waals surface area contributed by atoms with Crippen molar-refractivity contribution in [3.63, 3.8) is 0 Å². The van der Waals surface area contributed by atoms with E-state index in [1.54, 1.807) is 0 Å². The quantitative estimate of drug-likeness (QED) is 0.801. The summed E-state index contributed by atoms with van der Waals surface area (Å²) < 4.78 is 1.14. The van der Waals surface area contributed by atoms with Crippen molar-refractivity contribution >= 4 is 27.5 Å². The van der Waals surface area contributed by atoms with Crippen molar-refractivity contribution in [2.45, 2.75) is 26.4 Å². The highest BCUT2D eigenvalue weighted by atomic mass is 79.9. The molecule has 0 fully saturated rings. The Morgan fingerprint density at radius 3 is 2.63 bits per heavy atom. The average molecular weight is 339 g/mol. The number of benzene rings is 2. The molecule has 3 heteroatoms. The summed E-state index contributed by atoms with van der Waals surface area (Å²) in [6.07, 6.45) is 0. The molecule has 0 bridgehead atoms. The van der Waals surface area contributed by atoms with Crippen LogP contribution < -0.4 is 5.32 Å². The van der Waals surface area contributed by atoms with Gasteiger partial charge in [-0.3, -0.25) is 0 Å². The normalized spacial score (nSPS) is 12.4. The largest absolute Gasteiger partial charge is 0.306 e. The predicted molar refractivity (Wildman–Crippen MR) is 85.6 cm³/mol. The maximum absolute atomic E-state index is 5.97. The molecular weight excluding hydrogens is 322 g/mol. The molecule has 0 aliphatic carbocycles. The molecule has 0 amide bonds. The molecule has 2 rings (SSSR count). The summed E-state index contributed by atoms with van der Waals surface area (Å²) in [6.45, 7) is 5.10. The van der Waals surface area contributed by atoms with Crippen LogP contribution in [0, 0.1) is 6.92 Å². The van der Waals surface area contributed by atoms with Crippen LogP contribution in [-0.4, -0.2) is 0 Å². The van der Waals surface area contributed by atoms with E-state index in [0.717, 1.165) is 16.0 Å². The second-order valence-electron chi connectivity index (χ2n) is 4.69. The maximum Gasteiger partial charge on any atom is 0.0408 e. The second kappa shape index (κ2) is 6.56. The van der Waals surface area contributed by atoms with Gasteiger partial charge in [0.05, 0.1) is 0 Å². The van der Waals surface area contributed by atoms with Gasteiger partial charge in [-0.1, -0.05) is 51.8 Å². The molecule has 1 N–H and O–H groups in total. The van der Waals surface area contributed by atoms with Crippen LogP contribution in [0.1, 0.15) is 29.7 Å². The summed E-state index contributed by atoms with van der Waals surface area (Å²) >= 11 is 9.56. The Kier molecular flexibility index (Phi) is 5.03. The molecule has 0 saturated heterocycles. The smallest absolute Gasteiger partial charge is 0.0408 e. The van der Waals surface area contributed by atoms with Crippen LogP contribution in [0.25, 0.3) is 0 Å². The minimum absolute atomic E-state index is 0.297. The molecule has 1 nitrogen and oxygen atoms in total. The van der Waals surface area contributed by atoms with E-state index >= 15 is 0 Å². The first kappa shape index (κ1) is 14.6. The van der Waals surface area contributed by atoms with Crippen LogP contribution >= 0.6 is 27.5 Å². The average Bonchev–Trinajstić information content (AvgIpc) is 2.38. The summed E-state index contributed by atoms with van der Waals surface area (Å²) in [5.41, 5.74) is 3.77. The maximum atomic E-state index is 5.97. The molecule has 0 heterocycles. The summed E-state index contributed by atoms with van der Waals surface area (Å²) in [5.74, 6) is 0. The van der Waals surface area contributed by atoms with Gasteiger partial charge in [0.15, 0.2) is 0 Å². The van der Waals surface area contributed by atoms with Crippen LogP contribution in [-0.2, 0) is 6.54 Å². The molecular formula is C16H17BrClN. The summed E-state index contributed by atoms with van der Waals surface area (Å²) in [7, 11) is 0. The summed E-state index contributed by atoms with van der Waals surface area (Å²) in [4.78, 5) is 0. The van der Waals surface area contributed by atoms with Gasteiger partial charge in [0.25, 0.3) is 0 Å². The molecule has 0 saturated carbocycles. The lowest BCUT2D eigenvalue weighted by atomic mass is 10.1. The lowest BCUT2D eigenvalue weighted by Crippen LogP contribution is -2.19. The van der Waals surface area contributed by atoms with Gasteiger partial charge in [0.1, 0.15) is 0 Å². The monoisotopic (exact) mass is 337 g/mol. The Balaban J connectivity index is 2.04. The van der Waals surface area contributed by atoms with Gasteiger partial charge in [-0.2, -0.15) is 0 Å². The third-order valence-corrected chi connectivity index (χ3v) is 4.23. The van der Waals surface area contributed by atoms with E-state index in [1.165, 1.54) is 16.7 Å². The fourth-order valence-corrected chi connectivity index (χ4v) is 2.91. The molecule has 19 heavy (non-hydrogen) atoms. The lowest BCUT2D eigenvalue weighted by Gasteiger charge is -2.17. The molecule has 2 aromatic carbocycles. The van der Waals surface area contributed by atoms with Crippen molar-refractivity contribution in [1.29, 1.82) is 0 Å². The van der Waals surface area contributed by atoms with Gasteiger partial charge in [-0.25, -0.2) is 0 Å². The summed E-state index contributed by atoms with van der Waals surface area (Å²) in [6, 6.07) is 14.6. The Bertz CT molecular complexity index is 568. The van der Waals surface area contributed by atoms with Crippen LogP contribution in [0.5, 0.6) is 0 Å². The first-order chi connectivity index (χ1) is 9.08. The van der Waals surface area contributed by atoms with E-state index < -0.39 is 0 Å². The van der Waals surface area contributed by atoms with E-state index in [1.807, 2.05) is 18.2 Å². The van der Waals surface area contributed by atoms with E-state index in [2.05, 4.69) is 59.4 Å². The van der Waals surface area contributed by atoms with Crippen LogP contribution in [0.2, 0.25) is 5.02 Å². The van der Waals surface area contributed by atoms with Crippen molar-refractivity contribution in [2.24, 2.45) is 0 Å². The number of halogens is 2. The van der Waals surface area contributed by atoms with Crippen molar-refractivity contribution in [2.75, 3.05) is 0 Å². The van der Waals surface area contributed by atoms with Crippen molar-refractivity contribution < 1.29 is 0 Å². The Morgan fingerprint density at radius 2 is 1.95 bits per heavy atom. The number of nitrogens with one attached hydrogen (secondary N) is 1. The van der Waals surface area contributed by atoms with Gasteiger partial charge in [0.2, 0.25) is 0 Å². The minimum atomic E-state index is 0.297. The zero-order valence-electron chi connectivity index (χ0n) is 11.1. The Hall–Kier alpha value is -0.830. The predicted octanol–water partition coefficient (Wildman–Crippen LogP) is 5.26. The zero-order valence-corrected chi connectivity index (χ0v) is 13.4. The molecule has 1 atom stereocenters. The van der Waals surface area contributed by atoms with Gasteiger partial charge >= 0.3 is 0 Å². The molecule has 0 unspecified atom stereocenters. The molecule has 0 spiro atoms. The van der Waals surface area contributed by atoms with E-state index in [0.29, 0.717) is 6.04 Å². The summed E-state index contributed by atoms with van der Waals surface area (Å²) in [5, 5.41) is 4.33. The van der Waals surface area contributed by atoms with E-state index in [-0.39, 0.29) is 0 Å². The van der Waals surface area contributed by atoms with Crippen molar-refractivity contribution in [3.8, 4) is 0 Å². The zero-order chi connectivity index (χ0) is 13.8. The third kappa shape index (κ3) is 3.82. The van der Waals surface area contributed by atoms with Crippen LogP contribution in [0.3, 0.4) is 0 Å². The number of aryl methyl sites for hydroxylation is 1. The molecule has 0 aliphatic heterocycles. The lowest BCUT2D eigenvalue weighted by molar-refractivity contribution is 0.571. The Labute approximate surface area is 128 Å². The molecule has 0 aliphatic rings. The van der Waals surface area contributed by atoms with Gasteiger partial charge in [0, 0.05) is 22.1 Å². The highest BCUT2D eigenvalue weighted by molar-refractivity contribution is 9.10. The highest BCUT2D eigenvalue weighted by Gasteiger charge is 2.08. The fraction of sp³-hybridized carbons (Fsp3) is 0.250. The third-order valence-electron chi connectivity index (χ3n) is 3.28. The number of hydrogen-bond donors (Lipinski definition) is 1. The van der Waals surface area contributed by atoms with E-state index in [9.17, 15) is 0 Å². The molecule has 100 valence electrons. The molecule has 2 aromatic rings.